The number of hydrogen-bond donors (Lipinski definition) is 1. The smallest absolute Gasteiger partial charge is 0.00672 e. The lowest BCUT2D eigenvalue weighted by atomic mass is 9.92. The Balaban J connectivity index is 2.08. The normalized spacial score (nSPS) is 33.9. The molecule has 2 N–H and O–H groups in total. The van der Waals surface area contributed by atoms with Gasteiger partial charge in [-0.05, 0) is 49.0 Å². The Bertz CT molecular complexity index is 138. The van der Waals surface area contributed by atoms with Gasteiger partial charge in [-0.3, -0.25) is 0 Å². The van der Waals surface area contributed by atoms with Crippen LogP contribution in [-0.2, 0) is 0 Å². The first kappa shape index (κ1) is 11.4. The molecule has 0 aromatic rings. The Morgan fingerprint density at radius 1 is 1.38 bits per heavy atom. The third-order valence-electron chi connectivity index (χ3n) is 3.36. The highest BCUT2D eigenvalue weighted by Crippen LogP contribution is 2.33. The number of rotatable bonds is 5. The summed E-state index contributed by atoms with van der Waals surface area (Å²) in [5.74, 6) is 4.30. The Hall–Kier alpha value is 0.310. The molecule has 1 saturated carbocycles. The lowest BCUT2D eigenvalue weighted by molar-refractivity contribution is 0.367. The quantitative estimate of drug-likeness (QED) is 0.692. The van der Waals surface area contributed by atoms with Crippen molar-refractivity contribution in [2.45, 2.75) is 45.6 Å². The standard InChI is InChI=1S/C11H23NS/c1-3-13-8-4-5-10-6-7-11(12)9(10)2/h9-11H,3-8,12H2,1-2H3. The fraction of sp³-hybridized carbons (Fsp3) is 1.00. The van der Waals surface area contributed by atoms with Crippen LogP contribution in [0.25, 0.3) is 0 Å². The summed E-state index contributed by atoms with van der Waals surface area (Å²) in [7, 11) is 0. The van der Waals surface area contributed by atoms with E-state index in [1.807, 2.05) is 0 Å². The van der Waals surface area contributed by atoms with E-state index in [0.717, 1.165) is 11.8 Å². The molecule has 78 valence electrons. The van der Waals surface area contributed by atoms with Gasteiger partial charge in [0, 0.05) is 6.04 Å². The van der Waals surface area contributed by atoms with Crippen LogP contribution in [0.5, 0.6) is 0 Å². The summed E-state index contributed by atoms with van der Waals surface area (Å²) in [5.41, 5.74) is 5.99. The van der Waals surface area contributed by atoms with Crippen molar-refractivity contribution >= 4 is 11.8 Å². The molecular weight excluding hydrogens is 178 g/mol. The highest BCUT2D eigenvalue weighted by molar-refractivity contribution is 7.99. The molecule has 2 heteroatoms. The van der Waals surface area contributed by atoms with Crippen molar-refractivity contribution in [2.75, 3.05) is 11.5 Å². The molecule has 0 heterocycles. The van der Waals surface area contributed by atoms with Crippen molar-refractivity contribution in [2.24, 2.45) is 17.6 Å². The fourth-order valence-corrected chi connectivity index (χ4v) is 2.94. The van der Waals surface area contributed by atoms with Gasteiger partial charge in [0.15, 0.2) is 0 Å². The van der Waals surface area contributed by atoms with Gasteiger partial charge in [-0.15, -0.1) is 0 Å². The van der Waals surface area contributed by atoms with E-state index < -0.39 is 0 Å². The predicted molar refractivity (Wildman–Crippen MR) is 62.1 cm³/mol. The van der Waals surface area contributed by atoms with Gasteiger partial charge < -0.3 is 5.73 Å². The van der Waals surface area contributed by atoms with Crippen LogP contribution in [0.3, 0.4) is 0 Å². The molecule has 1 rings (SSSR count). The summed E-state index contributed by atoms with van der Waals surface area (Å²) in [5, 5.41) is 0. The molecule has 0 amide bonds. The minimum absolute atomic E-state index is 0.490. The Kier molecular flexibility index (Phi) is 5.18. The van der Waals surface area contributed by atoms with E-state index in [-0.39, 0.29) is 0 Å². The molecule has 1 aliphatic rings. The molecule has 1 nitrogen and oxygen atoms in total. The number of nitrogens with two attached hydrogens (primary N) is 1. The second kappa shape index (κ2) is 5.92. The molecule has 13 heavy (non-hydrogen) atoms. The fourth-order valence-electron chi connectivity index (χ4n) is 2.28. The summed E-state index contributed by atoms with van der Waals surface area (Å²) in [6.07, 6.45) is 5.42. The van der Waals surface area contributed by atoms with Gasteiger partial charge in [-0.25, -0.2) is 0 Å². The predicted octanol–water partition coefficient (Wildman–Crippen LogP) is 2.89. The average Bonchev–Trinajstić information content (AvgIpc) is 2.43. The Labute approximate surface area is 86.8 Å². The number of thioether (sulfide) groups is 1. The van der Waals surface area contributed by atoms with E-state index in [2.05, 4.69) is 25.6 Å². The monoisotopic (exact) mass is 201 g/mol. The first-order chi connectivity index (χ1) is 6.25. The van der Waals surface area contributed by atoms with E-state index in [1.54, 1.807) is 0 Å². The van der Waals surface area contributed by atoms with Gasteiger partial charge >= 0.3 is 0 Å². The summed E-state index contributed by atoms with van der Waals surface area (Å²) >= 11 is 2.06. The zero-order valence-electron chi connectivity index (χ0n) is 8.96. The van der Waals surface area contributed by atoms with Gasteiger partial charge in [0.2, 0.25) is 0 Å². The van der Waals surface area contributed by atoms with Crippen LogP contribution in [-0.4, -0.2) is 17.5 Å². The van der Waals surface area contributed by atoms with E-state index in [1.165, 1.54) is 37.2 Å². The highest BCUT2D eigenvalue weighted by atomic mass is 32.2. The van der Waals surface area contributed by atoms with Gasteiger partial charge in [0.1, 0.15) is 0 Å². The van der Waals surface area contributed by atoms with Crippen molar-refractivity contribution < 1.29 is 0 Å². The lowest BCUT2D eigenvalue weighted by Gasteiger charge is -2.17. The second-order valence-corrected chi connectivity index (χ2v) is 5.59. The van der Waals surface area contributed by atoms with Crippen LogP contribution in [0, 0.1) is 11.8 Å². The Morgan fingerprint density at radius 3 is 2.69 bits per heavy atom. The minimum atomic E-state index is 0.490. The van der Waals surface area contributed by atoms with Crippen LogP contribution >= 0.6 is 11.8 Å². The molecule has 3 unspecified atom stereocenters. The van der Waals surface area contributed by atoms with Crippen molar-refractivity contribution in [1.29, 1.82) is 0 Å². The molecule has 0 aromatic heterocycles. The molecule has 0 spiro atoms. The van der Waals surface area contributed by atoms with Crippen LogP contribution in [0.15, 0.2) is 0 Å². The van der Waals surface area contributed by atoms with Crippen LogP contribution < -0.4 is 5.73 Å². The molecule has 0 aromatic carbocycles. The number of hydrogen-bond acceptors (Lipinski definition) is 2. The molecular formula is C11H23NS. The molecule has 0 saturated heterocycles. The van der Waals surface area contributed by atoms with Gasteiger partial charge in [-0.2, -0.15) is 11.8 Å². The third kappa shape index (κ3) is 3.51. The molecule has 3 atom stereocenters. The third-order valence-corrected chi connectivity index (χ3v) is 4.34. The second-order valence-electron chi connectivity index (χ2n) is 4.20. The molecule has 0 aliphatic heterocycles. The molecule has 0 radical (unpaired) electrons. The highest BCUT2D eigenvalue weighted by Gasteiger charge is 2.29. The summed E-state index contributed by atoms with van der Waals surface area (Å²) < 4.78 is 0. The van der Waals surface area contributed by atoms with Crippen LogP contribution in [0.4, 0.5) is 0 Å². The summed E-state index contributed by atoms with van der Waals surface area (Å²) in [6.45, 7) is 4.56. The van der Waals surface area contributed by atoms with Crippen LogP contribution in [0.1, 0.15) is 39.5 Å². The maximum Gasteiger partial charge on any atom is 0.00672 e. The largest absolute Gasteiger partial charge is 0.327 e. The molecule has 1 aliphatic carbocycles. The first-order valence-electron chi connectivity index (χ1n) is 5.59. The zero-order valence-corrected chi connectivity index (χ0v) is 9.78. The van der Waals surface area contributed by atoms with Crippen molar-refractivity contribution in [3.05, 3.63) is 0 Å². The Morgan fingerprint density at radius 2 is 2.15 bits per heavy atom. The minimum Gasteiger partial charge on any atom is -0.327 e. The van der Waals surface area contributed by atoms with Gasteiger partial charge in [-0.1, -0.05) is 13.8 Å². The maximum absolute atomic E-state index is 5.99. The zero-order chi connectivity index (χ0) is 9.68. The maximum atomic E-state index is 5.99. The van der Waals surface area contributed by atoms with Gasteiger partial charge in [0.25, 0.3) is 0 Å². The molecule has 1 fully saturated rings. The molecule has 0 bridgehead atoms. The average molecular weight is 201 g/mol. The van der Waals surface area contributed by atoms with Crippen LogP contribution in [0.2, 0.25) is 0 Å². The summed E-state index contributed by atoms with van der Waals surface area (Å²) in [6, 6.07) is 0.490. The topological polar surface area (TPSA) is 26.0 Å². The van der Waals surface area contributed by atoms with E-state index in [0.29, 0.717) is 6.04 Å². The van der Waals surface area contributed by atoms with Crippen molar-refractivity contribution in [3.8, 4) is 0 Å². The van der Waals surface area contributed by atoms with Gasteiger partial charge in [0.05, 0.1) is 0 Å². The van der Waals surface area contributed by atoms with E-state index >= 15 is 0 Å². The lowest BCUT2D eigenvalue weighted by Crippen LogP contribution is -2.25. The summed E-state index contributed by atoms with van der Waals surface area (Å²) in [4.78, 5) is 0. The van der Waals surface area contributed by atoms with Crippen molar-refractivity contribution in [1.82, 2.24) is 0 Å². The SMILES string of the molecule is CCSCCCC1CCC(N)C1C. The van der Waals surface area contributed by atoms with Crippen molar-refractivity contribution in [3.63, 3.8) is 0 Å². The van der Waals surface area contributed by atoms with E-state index in [9.17, 15) is 0 Å². The first-order valence-corrected chi connectivity index (χ1v) is 6.74. The van der Waals surface area contributed by atoms with E-state index in [4.69, 9.17) is 5.73 Å².